The van der Waals surface area contributed by atoms with E-state index in [9.17, 15) is 4.39 Å². The predicted octanol–water partition coefficient (Wildman–Crippen LogP) is 2.86. The third-order valence-electron chi connectivity index (χ3n) is 2.78. The van der Waals surface area contributed by atoms with Gasteiger partial charge in [-0.1, -0.05) is 11.6 Å². The molecule has 0 spiro atoms. The van der Waals surface area contributed by atoms with Crippen molar-refractivity contribution in [3.63, 3.8) is 0 Å². The first-order valence-corrected chi connectivity index (χ1v) is 5.92. The van der Waals surface area contributed by atoms with Gasteiger partial charge in [-0.05, 0) is 31.5 Å². The van der Waals surface area contributed by atoms with E-state index in [-0.39, 0.29) is 5.02 Å². The molecule has 0 amide bonds. The molecule has 0 radical (unpaired) electrons. The SMILES string of the molecule is Fc1ccc(OCC2CCCNC2)cc1Cl. The van der Waals surface area contributed by atoms with Gasteiger partial charge in [-0.15, -0.1) is 0 Å². The van der Waals surface area contributed by atoms with Crippen LogP contribution in [0.1, 0.15) is 12.8 Å². The standard InChI is InChI=1S/C12H15ClFNO/c13-11-6-10(3-4-12(11)14)16-8-9-2-1-5-15-7-9/h3-4,6,9,15H,1-2,5,7-8H2. The monoisotopic (exact) mass is 243 g/mol. The zero-order chi connectivity index (χ0) is 11.4. The highest BCUT2D eigenvalue weighted by Gasteiger charge is 2.13. The number of hydrogen-bond acceptors (Lipinski definition) is 2. The average molecular weight is 244 g/mol. The van der Waals surface area contributed by atoms with E-state index in [4.69, 9.17) is 16.3 Å². The highest BCUT2D eigenvalue weighted by atomic mass is 35.5. The van der Waals surface area contributed by atoms with Crippen LogP contribution in [0.25, 0.3) is 0 Å². The number of hydrogen-bond donors (Lipinski definition) is 1. The van der Waals surface area contributed by atoms with Gasteiger partial charge < -0.3 is 10.1 Å². The molecular weight excluding hydrogens is 229 g/mol. The Labute approximate surface area is 99.7 Å². The predicted molar refractivity (Wildman–Crippen MR) is 62.5 cm³/mol. The average Bonchev–Trinajstić information content (AvgIpc) is 2.32. The van der Waals surface area contributed by atoms with Crippen LogP contribution in [-0.4, -0.2) is 19.7 Å². The summed E-state index contributed by atoms with van der Waals surface area (Å²) in [6.07, 6.45) is 2.38. The molecule has 1 unspecified atom stereocenters. The van der Waals surface area contributed by atoms with Crippen LogP contribution in [0.15, 0.2) is 18.2 Å². The minimum atomic E-state index is -0.409. The van der Waals surface area contributed by atoms with Gasteiger partial charge in [-0.2, -0.15) is 0 Å². The molecule has 1 aromatic rings. The fraction of sp³-hybridized carbons (Fsp3) is 0.500. The molecule has 2 nitrogen and oxygen atoms in total. The van der Waals surface area contributed by atoms with Crippen LogP contribution in [0.5, 0.6) is 5.75 Å². The lowest BCUT2D eigenvalue weighted by Gasteiger charge is -2.22. The second-order valence-electron chi connectivity index (χ2n) is 4.10. The molecule has 4 heteroatoms. The minimum absolute atomic E-state index is 0.110. The number of nitrogens with one attached hydrogen (secondary N) is 1. The van der Waals surface area contributed by atoms with E-state index >= 15 is 0 Å². The Bertz CT molecular complexity index is 353. The molecule has 1 N–H and O–H groups in total. The molecule has 16 heavy (non-hydrogen) atoms. The van der Waals surface area contributed by atoms with E-state index in [1.807, 2.05) is 0 Å². The third-order valence-corrected chi connectivity index (χ3v) is 3.07. The molecule has 0 aliphatic carbocycles. The molecule has 88 valence electrons. The molecule has 1 aromatic carbocycles. The van der Waals surface area contributed by atoms with Crippen molar-refractivity contribution in [3.05, 3.63) is 29.0 Å². The Hall–Kier alpha value is -0.800. The number of rotatable bonds is 3. The van der Waals surface area contributed by atoms with Gasteiger partial charge in [0, 0.05) is 18.5 Å². The van der Waals surface area contributed by atoms with Crippen molar-refractivity contribution < 1.29 is 9.13 Å². The molecule has 0 bridgehead atoms. The van der Waals surface area contributed by atoms with E-state index in [0.717, 1.165) is 13.1 Å². The van der Waals surface area contributed by atoms with Crippen LogP contribution in [0.3, 0.4) is 0 Å². The topological polar surface area (TPSA) is 21.3 Å². The zero-order valence-electron chi connectivity index (χ0n) is 9.01. The first-order chi connectivity index (χ1) is 7.75. The van der Waals surface area contributed by atoms with Crippen molar-refractivity contribution in [3.8, 4) is 5.75 Å². The fourth-order valence-corrected chi connectivity index (χ4v) is 2.02. The Morgan fingerprint density at radius 2 is 2.38 bits per heavy atom. The van der Waals surface area contributed by atoms with Gasteiger partial charge in [0.15, 0.2) is 0 Å². The molecule has 1 aliphatic heterocycles. The fourth-order valence-electron chi connectivity index (χ4n) is 1.85. The Kier molecular flexibility index (Phi) is 4.02. The van der Waals surface area contributed by atoms with Crippen LogP contribution in [0, 0.1) is 11.7 Å². The number of benzene rings is 1. The zero-order valence-corrected chi connectivity index (χ0v) is 9.77. The van der Waals surface area contributed by atoms with Crippen LogP contribution in [0.2, 0.25) is 5.02 Å². The van der Waals surface area contributed by atoms with Crippen LogP contribution < -0.4 is 10.1 Å². The molecule has 1 heterocycles. The van der Waals surface area contributed by atoms with E-state index in [2.05, 4.69) is 5.32 Å². The Morgan fingerprint density at radius 1 is 1.50 bits per heavy atom. The third kappa shape index (κ3) is 3.09. The number of halogens is 2. The Morgan fingerprint density at radius 3 is 3.06 bits per heavy atom. The second kappa shape index (κ2) is 5.51. The van der Waals surface area contributed by atoms with Crippen molar-refractivity contribution in [1.82, 2.24) is 5.32 Å². The minimum Gasteiger partial charge on any atom is -0.493 e. The summed E-state index contributed by atoms with van der Waals surface area (Å²) in [4.78, 5) is 0. The maximum absolute atomic E-state index is 12.9. The van der Waals surface area contributed by atoms with Crippen LogP contribution in [0.4, 0.5) is 4.39 Å². The second-order valence-corrected chi connectivity index (χ2v) is 4.51. The number of ether oxygens (including phenoxy) is 1. The van der Waals surface area contributed by atoms with Crippen LogP contribution in [-0.2, 0) is 0 Å². The van der Waals surface area contributed by atoms with Crippen LogP contribution >= 0.6 is 11.6 Å². The molecule has 1 atom stereocenters. The summed E-state index contributed by atoms with van der Waals surface area (Å²) in [5.41, 5.74) is 0. The molecule has 1 fully saturated rings. The van der Waals surface area contributed by atoms with Gasteiger partial charge in [0.25, 0.3) is 0 Å². The summed E-state index contributed by atoms with van der Waals surface area (Å²) in [6, 6.07) is 4.46. The van der Waals surface area contributed by atoms with Crippen molar-refractivity contribution >= 4 is 11.6 Å². The summed E-state index contributed by atoms with van der Waals surface area (Å²) in [7, 11) is 0. The van der Waals surface area contributed by atoms with E-state index in [1.54, 1.807) is 6.07 Å². The van der Waals surface area contributed by atoms with E-state index in [1.165, 1.54) is 25.0 Å². The van der Waals surface area contributed by atoms with Crippen molar-refractivity contribution in [2.24, 2.45) is 5.92 Å². The van der Waals surface area contributed by atoms with Gasteiger partial charge in [-0.25, -0.2) is 4.39 Å². The van der Waals surface area contributed by atoms with Gasteiger partial charge >= 0.3 is 0 Å². The molecule has 2 rings (SSSR count). The van der Waals surface area contributed by atoms with Crippen molar-refractivity contribution in [2.75, 3.05) is 19.7 Å². The molecule has 1 saturated heterocycles. The summed E-state index contributed by atoms with van der Waals surface area (Å²) < 4.78 is 18.5. The lowest BCUT2D eigenvalue weighted by Crippen LogP contribution is -2.33. The maximum atomic E-state index is 12.9. The molecule has 0 aromatic heterocycles. The van der Waals surface area contributed by atoms with Gasteiger partial charge in [0.2, 0.25) is 0 Å². The summed E-state index contributed by atoms with van der Waals surface area (Å²) in [5.74, 6) is 0.767. The highest BCUT2D eigenvalue weighted by Crippen LogP contribution is 2.22. The smallest absolute Gasteiger partial charge is 0.142 e. The summed E-state index contributed by atoms with van der Waals surface area (Å²) in [5, 5.41) is 3.44. The first kappa shape index (κ1) is 11.7. The summed E-state index contributed by atoms with van der Waals surface area (Å²) in [6.45, 7) is 2.75. The molecule has 1 aliphatic rings. The quantitative estimate of drug-likeness (QED) is 0.882. The Balaban J connectivity index is 1.86. The highest BCUT2D eigenvalue weighted by molar-refractivity contribution is 6.30. The lowest BCUT2D eigenvalue weighted by molar-refractivity contribution is 0.218. The van der Waals surface area contributed by atoms with E-state index in [0.29, 0.717) is 18.3 Å². The summed E-state index contributed by atoms with van der Waals surface area (Å²) >= 11 is 5.67. The van der Waals surface area contributed by atoms with Gasteiger partial charge in [-0.3, -0.25) is 0 Å². The molecule has 0 saturated carbocycles. The largest absolute Gasteiger partial charge is 0.493 e. The maximum Gasteiger partial charge on any atom is 0.142 e. The van der Waals surface area contributed by atoms with Crippen molar-refractivity contribution in [1.29, 1.82) is 0 Å². The van der Waals surface area contributed by atoms with E-state index < -0.39 is 5.82 Å². The first-order valence-electron chi connectivity index (χ1n) is 5.54. The lowest BCUT2D eigenvalue weighted by atomic mass is 10.0. The number of piperidine rings is 1. The molecular formula is C12H15ClFNO. The normalized spacial score (nSPS) is 20.8. The van der Waals surface area contributed by atoms with Gasteiger partial charge in [0.05, 0.1) is 11.6 Å². The van der Waals surface area contributed by atoms with Crippen molar-refractivity contribution in [2.45, 2.75) is 12.8 Å². The van der Waals surface area contributed by atoms with Gasteiger partial charge in [0.1, 0.15) is 11.6 Å².